The Balaban J connectivity index is 2.25. The second-order valence-electron chi connectivity index (χ2n) is 6.69. The zero-order valence-corrected chi connectivity index (χ0v) is 15.0. The lowest BCUT2D eigenvalue weighted by Gasteiger charge is -2.33. The fourth-order valence-electron chi connectivity index (χ4n) is 3.66. The van der Waals surface area contributed by atoms with Crippen LogP contribution in [0, 0.1) is 11.8 Å². The van der Waals surface area contributed by atoms with Crippen molar-refractivity contribution >= 4 is 31.3 Å². The first-order valence-corrected chi connectivity index (χ1v) is 11.2. The fourth-order valence-corrected chi connectivity index (χ4v) is 7.12. The van der Waals surface area contributed by atoms with E-state index >= 15 is 0 Å². The standard InChI is InChI=1S/C18H24O4Si/c1-4-22-18(21)10-14-15(12-19)17(11-16(14)20)23(2,3)13-8-6-5-7-9-13/h5-9,12,14-15,17H,4,10-11H2,1-3H3/t14-,15-,17-/m1/s1. The largest absolute Gasteiger partial charge is 0.466 e. The van der Waals surface area contributed by atoms with E-state index in [1.807, 2.05) is 18.2 Å². The molecule has 1 aromatic carbocycles. The molecule has 4 nitrogen and oxygen atoms in total. The average molecular weight is 332 g/mol. The van der Waals surface area contributed by atoms with Gasteiger partial charge < -0.3 is 9.53 Å². The van der Waals surface area contributed by atoms with Gasteiger partial charge in [0.25, 0.3) is 0 Å². The van der Waals surface area contributed by atoms with Crippen molar-refractivity contribution in [3.63, 3.8) is 0 Å². The number of esters is 1. The number of ketones is 1. The predicted octanol–water partition coefficient (Wildman–Crippen LogP) is 2.33. The van der Waals surface area contributed by atoms with Gasteiger partial charge in [-0.2, -0.15) is 0 Å². The van der Waals surface area contributed by atoms with Gasteiger partial charge in [0.2, 0.25) is 0 Å². The number of aldehydes is 1. The van der Waals surface area contributed by atoms with Gasteiger partial charge in [0.1, 0.15) is 12.1 Å². The Bertz CT molecular complexity index is 582. The highest BCUT2D eigenvalue weighted by molar-refractivity contribution is 6.91. The Morgan fingerprint density at radius 1 is 1.30 bits per heavy atom. The van der Waals surface area contributed by atoms with E-state index in [9.17, 15) is 14.4 Å². The van der Waals surface area contributed by atoms with Crippen LogP contribution in [0.3, 0.4) is 0 Å². The minimum Gasteiger partial charge on any atom is -0.466 e. The van der Waals surface area contributed by atoms with Crippen molar-refractivity contribution in [1.29, 1.82) is 0 Å². The lowest BCUT2D eigenvalue weighted by Crippen LogP contribution is -2.47. The minimum absolute atomic E-state index is 0.0197. The molecule has 1 fully saturated rings. The van der Waals surface area contributed by atoms with Gasteiger partial charge in [0.05, 0.1) is 21.1 Å². The molecule has 1 aliphatic carbocycles. The lowest BCUT2D eigenvalue weighted by atomic mass is 9.93. The van der Waals surface area contributed by atoms with Crippen LogP contribution in [0.15, 0.2) is 30.3 Å². The Hall–Kier alpha value is -1.75. The number of carbonyl (C=O) groups excluding carboxylic acids is 3. The Labute approximate surface area is 138 Å². The molecule has 0 radical (unpaired) electrons. The topological polar surface area (TPSA) is 60.4 Å². The van der Waals surface area contributed by atoms with Gasteiger partial charge in [0, 0.05) is 18.3 Å². The molecule has 0 N–H and O–H groups in total. The molecule has 2 rings (SSSR count). The number of benzene rings is 1. The molecule has 1 aliphatic rings. The van der Waals surface area contributed by atoms with Crippen LogP contribution < -0.4 is 5.19 Å². The molecule has 0 heterocycles. The third kappa shape index (κ3) is 3.60. The van der Waals surface area contributed by atoms with E-state index in [-0.39, 0.29) is 23.7 Å². The number of Topliss-reactive ketones (excluding diaryl/α,β-unsaturated/α-hetero) is 1. The monoisotopic (exact) mass is 332 g/mol. The van der Waals surface area contributed by atoms with E-state index in [1.165, 1.54) is 5.19 Å². The molecule has 0 aromatic heterocycles. The van der Waals surface area contributed by atoms with Gasteiger partial charge >= 0.3 is 5.97 Å². The van der Waals surface area contributed by atoms with Crippen LogP contribution in [0.1, 0.15) is 19.8 Å². The minimum atomic E-state index is -1.99. The molecule has 0 saturated heterocycles. The molecular weight excluding hydrogens is 308 g/mol. The van der Waals surface area contributed by atoms with Crippen LogP contribution in [0.4, 0.5) is 0 Å². The molecule has 124 valence electrons. The summed E-state index contributed by atoms with van der Waals surface area (Å²) in [6.07, 6.45) is 1.30. The molecule has 0 unspecified atom stereocenters. The van der Waals surface area contributed by atoms with Crippen molar-refractivity contribution in [1.82, 2.24) is 0 Å². The maximum Gasteiger partial charge on any atom is 0.306 e. The summed E-state index contributed by atoms with van der Waals surface area (Å²) in [5.41, 5.74) is 0.0364. The van der Waals surface area contributed by atoms with E-state index in [4.69, 9.17) is 4.74 Å². The fraction of sp³-hybridized carbons (Fsp3) is 0.500. The van der Waals surface area contributed by atoms with Gasteiger partial charge in [-0.25, -0.2) is 0 Å². The molecular formula is C18H24O4Si. The van der Waals surface area contributed by atoms with Crippen molar-refractivity contribution in [3.05, 3.63) is 30.3 Å². The highest BCUT2D eigenvalue weighted by atomic mass is 28.3. The molecule has 3 atom stereocenters. The van der Waals surface area contributed by atoms with Crippen molar-refractivity contribution in [2.24, 2.45) is 11.8 Å². The van der Waals surface area contributed by atoms with Crippen LogP contribution >= 0.6 is 0 Å². The third-order valence-electron chi connectivity index (χ3n) is 5.06. The van der Waals surface area contributed by atoms with Crippen LogP contribution in [0.5, 0.6) is 0 Å². The molecule has 23 heavy (non-hydrogen) atoms. The van der Waals surface area contributed by atoms with E-state index < -0.39 is 20.0 Å². The van der Waals surface area contributed by atoms with Gasteiger partial charge in [-0.1, -0.05) is 48.6 Å². The number of ether oxygens (including phenoxy) is 1. The summed E-state index contributed by atoms with van der Waals surface area (Å²) >= 11 is 0. The van der Waals surface area contributed by atoms with Gasteiger partial charge in [-0.05, 0) is 12.5 Å². The second-order valence-corrected chi connectivity index (χ2v) is 11.5. The van der Waals surface area contributed by atoms with Crippen LogP contribution in [0.25, 0.3) is 0 Å². The zero-order chi connectivity index (χ0) is 17.0. The van der Waals surface area contributed by atoms with E-state index in [0.29, 0.717) is 13.0 Å². The molecule has 1 saturated carbocycles. The number of hydrogen-bond acceptors (Lipinski definition) is 4. The summed E-state index contributed by atoms with van der Waals surface area (Å²) in [6.45, 7) is 6.42. The zero-order valence-electron chi connectivity index (χ0n) is 14.0. The average Bonchev–Trinajstić information content (AvgIpc) is 2.85. The van der Waals surface area contributed by atoms with Crippen molar-refractivity contribution in [3.8, 4) is 0 Å². The van der Waals surface area contributed by atoms with E-state index in [1.54, 1.807) is 6.92 Å². The SMILES string of the molecule is CCOC(=O)C[C@H]1C(=O)C[C@@H]([Si](C)(C)c2ccccc2)[C@@H]1C=O. The first kappa shape index (κ1) is 17.6. The molecule has 0 spiro atoms. The van der Waals surface area contributed by atoms with Crippen LogP contribution in [-0.4, -0.2) is 32.7 Å². The Kier molecular flexibility index (Phi) is 5.52. The highest BCUT2D eigenvalue weighted by Gasteiger charge is 2.50. The third-order valence-corrected chi connectivity index (χ3v) is 9.32. The molecule has 0 amide bonds. The van der Waals surface area contributed by atoms with Crippen LogP contribution in [0.2, 0.25) is 18.6 Å². The number of hydrogen-bond donors (Lipinski definition) is 0. The predicted molar refractivity (Wildman–Crippen MR) is 91.2 cm³/mol. The maximum atomic E-state index is 12.4. The Morgan fingerprint density at radius 2 is 1.96 bits per heavy atom. The van der Waals surface area contributed by atoms with Crippen LogP contribution in [-0.2, 0) is 19.1 Å². The molecule has 5 heteroatoms. The van der Waals surface area contributed by atoms with Gasteiger partial charge in [-0.3, -0.25) is 9.59 Å². The summed E-state index contributed by atoms with van der Waals surface area (Å²) in [4.78, 5) is 35.9. The number of carbonyl (C=O) groups is 3. The summed E-state index contributed by atoms with van der Waals surface area (Å²) in [6, 6.07) is 10.1. The summed E-state index contributed by atoms with van der Waals surface area (Å²) in [5.74, 6) is -1.27. The summed E-state index contributed by atoms with van der Waals surface area (Å²) in [7, 11) is -1.99. The lowest BCUT2D eigenvalue weighted by molar-refractivity contribution is -0.146. The Morgan fingerprint density at radius 3 is 2.52 bits per heavy atom. The van der Waals surface area contributed by atoms with Crippen molar-refractivity contribution < 1.29 is 19.1 Å². The first-order chi connectivity index (χ1) is 10.9. The quantitative estimate of drug-likeness (QED) is 0.456. The van der Waals surface area contributed by atoms with Crippen molar-refractivity contribution in [2.75, 3.05) is 6.61 Å². The van der Waals surface area contributed by atoms with E-state index in [2.05, 4.69) is 25.2 Å². The normalized spacial score (nSPS) is 24.5. The maximum absolute atomic E-state index is 12.4. The van der Waals surface area contributed by atoms with Gasteiger partial charge in [0.15, 0.2) is 0 Å². The summed E-state index contributed by atoms with van der Waals surface area (Å²) in [5, 5.41) is 1.24. The van der Waals surface area contributed by atoms with Gasteiger partial charge in [-0.15, -0.1) is 0 Å². The summed E-state index contributed by atoms with van der Waals surface area (Å²) < 4.78 is 4.95. The second kappa shape index (κ2) is 7.21. The molecule has 0 aliphatic heterocycles. The van der Waals surface area contributed by atoms with E-state index in [0.717, 1.165) is 6.29 Å². The highest BCUT2D eigenvalue weighted by Crippen LogP contribution is 2.45. The first-order valence-electron chi connectivity index (χ1n) is 8.11. The molecule has 0 bridgehead atoms. The number of rotatable bonds is 6. The smallest absolute Gasteiger partial charge is 0.306 e. The van der Waals surface area contributed by atoms with Crippen molar-refractivity contribution in [2.45, 2.75) is 38.4 Å². The molecule has 1 aromatic rings.